The first kappa shape index (κ1) is 19.9. The van der Waals surface area contributed by atoms with Crippen LogP contribution in [0.15, 0.2) is 48.0 Å². The molecule has 1 aliphatic rings. The maximum atomic E-state index is 11.9. The Morgan fingerprint density at radius 1 is 1.17 bits per heavy atom. The molecule has 0 bridgehead atoms. The van der Waals surface area contributed by atoms with Crippen LogP contribution in [0.4, 0.5) is 0 Å². The molecule has 0 unspecified atom stereocenters. The van der Waals surface area contributed by atoms with Gasteiger partial charge in [-0.05, 0) is 32.8 Å². The van der Waals surface area contributed by atoms with Crippen LogP contribution in [-0.4, -0.2) is 32.9 Å². The van der Waals surface area contributed by atoms with E-state index in [9.17, 15) is 4.79 Å². The Labute approximate surface area is 177 Å². The molecular formula is C24H29N3OS. The molecule has 4 rings (SSSR count). The fourth-order valence-corrected chi connectivity index (χ4v) is 5.50. The first-order valence-corrected chi connectivity index (χ1v) is 11.4. The average Bonchev–Trinajstić information content (AvgIpc) is 3.39. The van der Waals surface area contributed by atoms with E-state index in [0.29, 0.717) is 0 Å². The highest BCUT2D eigenvalue weighted by atomic mass is 32.1. The van der Waals surface area contributed by atoms with Gasteiger partial charge in [-0.1, -0.05) is 49.6 Å². The Morgan fingerprint density at radius 2 is 1.93 bits per heavy atom. The van der Waals surface area contributed by atoms with Crippen molar-refractivity contribution in [3.8, 4) is 21.8 Å². The van der Waals surface area contributed by atoms with E-state index in [0.717, 1.165) is 47.5 Å². The largest absolute Gasteiger partial charge is 0.364 e. The smallest absolute Gasteiger partial charge is 0.210 e. The summed E-state index contributed by atoms with van der Waals surface area (Å²) in [6.07, 6.45) is 9.80. The molecular weight excluding hydrogens is 378 g/mol. The molecule has 3 aromatic rings. The molecule has 1 aromatic carbocycles. The highest BCUT2D eigenvalue weighted by Gasteiger charge is 2.39. The molecule has 1 fully saturated rings. The number of amides is 1. The van der Waals surface area contributed by atoms with Crippen LogP contribution in [-0.2, 0) is 11.2 Å². The molecule has 0 spiro atoms. The lowest BCUT2D eigenvalue weighted by Gasteiger charge is -2.47. The van der Waals surface area contributed by atoms with Crippen LogP contribution in [0, 0.1) is 0 Å². The predicted octanol–water partition coefficient (Wildman–Crippen LogP) is 5.92. The number of aromatic amines is 1. The Morgan fingerprint density at radius 3 is 2.62 bits per heavy atom. The van der Waals surface area contributed by atoms with E-state index in [-0.39, 0.29) is 11.6 Å². The molecule has 0 radical (unpaired) electrons. The molecule has 152 valence electrons. The molecule has 1 saturated carbocycles. The van der Waals surface area contributed by atoms with Gasteiger partial charge in [0, 0.05) is 46.4 Å². The van der Waals surface area contributed by atoms with E-state index in [2.05, 4.69) is 53.5 Å². The lowest BCUT2D eigenvalue weighted by Crippen LogP contribution is -2.54. The second kappa shape index (κ2) is 8.54. The monoisotopic (exact) mass is 407 g/mol. The van der Waals surface area contributed by atoms with Gasteiger partial charge in [0.2, 0.25) is 6.41 Å². The number of aromatic nitrogens is 2. The van der Waals surface area contributed by atoms with Gasteiger partial charge >= 0.3 is 0 Å². The van der Waals surface area contributed by atoms with Crippen molar-refractivity contribution in [1.29, 1.82) is 0 Å². The number of hydrogen-bond donors (Lipinski definition) is 1. The first-order valence-electron chi connectivity index (χ1n) is 10.5. The Kier molecular flexibility index (Phi) is 5.86. The molecule has 2 heterocycles. The molecule has 1 aliphatic carbocycles. The minimum absolute atomic E-state index is 0.0750. The topological polar surface area (TPSA) is 49.0 Å². The SMILES string of the molecule is CC(C)N(C=O)C1(Cc2cc(-c3nc(-c4ccccc4)cs3)c[nH]2)CCCCC1. The number of nitrogens with one attached hydrogen (secondary N) is 1. The summed E-state index contributed by atoms with van der Waals surface area (Å²) >= 11 is 1.67. The van der Waals surface area contributed by atoms with E-state index in [1.807, 2.05) is 18.2 Å². The highest BCUT2D eigenvalue weighted by Crippen LogP contribution is 2.38. The van der Waals surface area contributed by atoms with Crippen molar-refractivity contribution in [2.45, 2.75) is 64.0 Å². The van der Waals surface area contributed by atoms with Gasteiger partial charge in [0.1, 0.15) is 5.01 Å². The second-order valence-corrected chi connectivity index (χ2v) is 9.24. The summed E-state index contributed by atoms with van der Waals surface area (Å²) in [7, 11) is 0. The number of nitrogens with zero attached hydrogens (tertiary/aromatic N) is 2. The normalized spacial score (nSPS) is 16.1. The number of thiazole rings is 1. The van der Waals surface area contributed by atoms with Gasteiger partial charge < -0.3 is 9.88 Å². The Hall–Kier alpha value is -2.40. The molecule has 5 heteroatoms. The van der Waals surface area contributed by atoms with Crippen LogP contribution in [0.2, 0.25) is 0 Å². The molecule has 1 amide bonds. The number of hydrogen-bond acceptors (Lipinski definition) is 3. The molecule has 0 atom stereocenters. The van der Waals surface area contributed by atoms with Gasteiger partial charge in [0.05, 0.1) is 5.69 Å². The molecule has 1 N–H and O–H groups in total. The van der Waals surface area contributed by atoms with Gasteiger partial charge in [-0.15, -0.1) is 11.3 Å². The summed E-state index contributed by atoms with van der Waals surface area (Å²) in [5, 5.41) is 3.15. The predicted molar refractivity (Wildman–Crippen MR) is 120 cm³/mol. The lowest BCUT2D eigenvalue weighted by atomic mass is 9.76. The minimum atomic E-state index is -0.0750. The molecule has 29 heavy (non-hydrogen) atoms. The third kappa shape index (κ3) is 4.15. The second-order valence-electron chi connectivity index (χ2n) is 8.39. The zero-order valence-corrected chi connectivity index (χ0v) is 18.0. The summed E-state index contributed by atoms with van der Waals surface area (Å²) in [4.78, 5) is 22.3. The van der Waals surface area contributed by atoms with Gasteiger partial charge in [-0.3, -0.25) is 4.79 Å². The van der Waals surface area contributed by atoms with Crippen LogP contribution in [0.25, 0.3) is 21.8 Å². The van der Waals surface area contributed by atoms with E-state index in [4.69, 9.17) is 4.98 Å². The van der Waals surface area contributed by atoms with Crippen LogP contribution in [0.1, 0.15) is 51.6 Å². The quantitative estimate of drug-likeness (QED) is 0.494. The number of H-pyrrole nitrogens is 1. The molecule has 0 saturated heterocycles. The fourth-order valence-electron chi connectivity index (χ4n) is 4.69. The summed E-state index contributed by atoms with van der Waals surface area (Å²) in [6, 6.07) is 12.7. The van der Waals surface area contributed by atoms with Crippen molar-refractivity contribution in [1.82, 2.24) is 14.9 Å². The van der Waals surface area contributed by atoms with Crippen LogP contribution in [0.5, 0.6) is 0 Å². The van der Waals surface area contributed by atoms with Gasteiger partial charge in [-0.25, -0.2) is 4.98 Å². The maximum absolute atomic E-state index is 11.9. The molecule has 0 aliphatic heterocycles. The standard InChI is InChI=1S/C24H29N3OS/c1-18(2)27(17-28)24(11-7-4-8-12-24)14-21-13-20(15-25-21)23-26-22(16-29-23)19-9-5-3-6-10-19/h3,5-6,9-10,13,15-18,25H,4,7-8,11-12,14H2,1-2H3. The summed E-state index contributed by atoms with van der Waals surface area (Å²) in [5.41, 5.74) is 4.40. The van der Waals surface area contributed by atoms with Gasteiger partial charge in [0.25, 0.3) is 0 Å². The third-order valence-electron chi connectivity index (χ3n) is 6.08. The fraction of sp³-hybridized carbons (Fsp3) is 0.417. The van der Waals surface area contributed by atoms with E-state index in [1.54, 1.807) is 11.3 Å². The molecule has 4 nitrogen and oxygen atoms in total. The van der Waals surface area contributed by atoms with Crippen molar-refractivity contribution in [2.24, 2.45) is 0 Å². The number of benzene rings is 1. The molecule has 2 aromatic heterocycles. The number of carbonyl (C=O) groups excluding carboxylic acids is 1. The Bertz CT molecular complexity index is 938. The van der Waals surface area contributed by atoms with Crippen LogP contribution < -0.4 is 0 Å². The third-order valence-corrected chi connectivity index (χ3v) is 6.98. The van der Waals surface area contributed by atoms with Crippen molar-refractivity contribution in [3.63, 3.8) is 0 Å². The van der Waals surface area contributed by atoms with Crippen molar-refractivity contribution < 1.29 is 4.79 Å². The number of carbonyl (C=O) groups is 1. The summed E-state index contributed by atoms with van der Waals surface area (Å²) in [6.45, 7) is 4.23. The van der Waals surface area contributed by atoms with Crippen molar-refractivity contribution in [2.75, 3.05) is 0 Å². The highest BCUT2D eigenvalue weighted by molar-refractivity contribution is 7.13. The van der Waals surface area contributed by atoms with Crippen molar-refractivity contribution in [3.05, 3.63) is 53.7 Å². The van der Waals surface area contributed by atoms with E-state index >= 15 is 0 Å². The van der Waals surface area contributed by atoms with Gasteiger partial charge in [0.15, 0.2) is 0 Å². The number of rotatable bonds is 7. The van der Waals surface area contributed by atoms with E-state index in [1.165, 1.54) is 25.0 Å². The lowest BCUT2D eigenvalue weighted by molar-refractivity contribution is -0.128. The maximum Gasteiger partial charge on any atom is 0.210 e. The van der Waals surface area contributed by atoms with Crippen LogP contribution >= 0.6 is 11.3 Å². The van der Waals surface area contributed by atoms with Crippen molar-refractivity contribution >= 4 is 17.7 Å². The van der Waals surface area contributed by atoms with Gasteiger partial charge in [-0.2, -0.15) is 0 Å². The zero-order chi connectivity index (χ0) is 20.3. The van der Waals surface area contributed by atoms with Crippen LogP contribution in [0.3, 0.4) is 0 Å². The average molecular weight is 408 g/mol. The zero-order valence-electron chi connectivity index (χ0n) is 17.2. The first-order chi connectivity index (χ1) is 14.1. The summed E-state index contributed by atoms with van der Waals surface area (Å²) in [5.74, 6) is 0. The van der Waals surface area contributed by atoms with E-state index < -0.39 is 0 Å². The summed E-state index contributed by atoms with van der Waals surface area (Å²) < 4.78 is 0. The minimum Gasteiger partial charge on any atom is -0.364 e. The Balaban J connectivity index is 1.57.